The smallest absolute Gasteiger partial charge is 0.224 e. The molecule has 114 valence electrons. The molecule has 2 heterocycles. The van der Waals surface area contributed by atoms with Crippen LogP contribution >= 0.6 is 0 Å². The van der Waals surface area contributed by atoms with Gasteiger partial charge in [0.2, 0.25) is 5.91 Å². The fourth-order valence-electron chi connectivity index (χ4n) is 3.18. The van der Waals surface area contributed by atoms with Gasteiger partial charge < -0.3 is 15.4 Å². The van der Waals surface area contributed by atoms with Gasteiger partial charge in [-0.1, -0.05) is 0 Å². The Morgan fingerprint density at radius 1 is 1.48 bits per heavy atom. The second-order valence-corrected chi connectivity index (χ2v) is 5.79. The summed E-state index contributed by atoms with van der Waals surface area (Å²) in [6.07, 6.45) is 4.25. The molecule has 21 heavy (non-hydrogen) atoms. The van der Waals surface area contributed by atoms with Crippen LogP contribution in [0.15, 0.2) is 12.1 Å². The summed E-state index contributed by atoms with van der Waals surface area (Å²) in [7, 11) is 1.85. The zero-order chi connectivity index (χ0) is 14.8. The summed E-state index contributed by atoms with van der Waals surface area (Å²) < 4.78 is 20.0. The van der Waals surface area contributed by atoms with Crippen LogP contribution in [0.1, 0.15) is 42.9 Å². The molecule has 1 fully saturated rings. The zero-order valence-corrected chi connectivity index (χ0v) is 12.2. The van der Waals surface area contributed by atoms with Crippen LogP contribution in [-0.4, -0.2) is 25.7 Å². The molecule has 2 atom stereocenters. The van der Waals surface area contributed by atoms with Crippen molar-refractivity contribution in [2.24, 2.45) is 0 Å². The van der Waals surface area contributed by atoms with Crippen molar-refractivity contribution < 1.29 is 13.9 Å². The number of rotatable bonds is 4. The van der Waals surface area contributed by atoms with Crippen molar-refractivity contribution in [2.45, 2.75) is 44.2 Å². The molecule has 4 nitrogen and oxygen atoms in total. The lowest BCUT2D eigenvalue weighted by molar-refractivity contribution is -0.116. The molecule has 5 heteroatoms. The van der Waals surface area contributed by atoms with Crippen LogP contribution in [0.3, 0.4) is 0 Å². The predicted molar refractivity (Wildman–Crippen MR) is 78.7 cm³/mol. The van der Waals surface area contributed by atoms with E-state index in [1.54, 1.807) is 0 Å². The number of aryl methyl sites for hydroxylation is 1. The van der Waals surface area contributed by atoms with E-state index in [-0.39, 0.29) is 23.9 Å². The number of amides is 1. The lowest BCUT2D eigenvalue weighted by Gasteiger charge is -2.24. The first kappa shape index (κ1) is 14.5. The third kappa shape index (κ3) is 3.09. The van der Waals surface area contributed by atoms with Gasteiger partial charge in [-0.2, -0.15) is 0 Å². The highest BCUT2D eigenvalue weighted by Gasteiger charge is 2.25. The summed E-state index contributed by atoms with van der Waals surface area (Å²) in [4.78, 5) is 11.4. The van der Waals surface area contributed by atoms with E-state index in [0.29, 0.717) is 24.1 Å². The summed E-state index contributed by atoms with van der Waals surface area (Å²) >= 11 is 0. The molecule has 0 aliphatic carbocycles. The lowest BCUT2D eigenvalue weighted by atomic mass is 9.93. The van der Waals surface area contributed by atoms with E-state index in [0.717, 1.165) is 31.4 Å². The molecule has 1 saturated heterocycles. The number of anilines is 1. The third-order valence-corrected chi connectivity index (χ3v) is 4.36. The first-order valence-electron chi connectivity index (χ1n) is 7.58. The summed E-state index contributed by atoms with van der Waals surface area (Å²) in [5.74, 6) is -0.313. The van der Waals surface area contributed by atoms with Gasteiger partial charge in [0.15, 0.2) is 0 Å². The Bertz CT molecular complexity index is 541. The first-order chi connectivity index (χ1) is 10.2. The van der Waals surface area contributed by atoms with Crippen molar-refractivity contribution in [3.8, 4) is 0 Å². The second-order valence-electron chi connectivity index (χ2n) is 5.79. The number of carbonyl (C=O) groups excluding carboxylic acids is 1. The van der Waals surface area contributed by atoms with Crippen LogP contribution < -0.4 is 10.6 Å². The molecule has 2 unspecified atom stereocenters. The van der Waals surface area contributed by atoms with E-state index in [1.807, 2.05) is 13.1 Å². The van der Waals surface area contributed by atoms with Crippen molar-refractivity contribution in [1.82, 2.24) is 5.32 Å². The molecule has 0 saturated carbocycles. The molecule has 0 aromatic heterocycles. The molecular weight excluding hydrogens is 271 g/mol. The molecule has 0 spiro atoms. The maximum Gasteiger partial charge on any atom is 0.224 e. The normalized spacial score (nSPS) is 22.8. The zero-order valence-electron chi connectivity index (χ0n) is 12.2. The molecule has 3 rings (SSSR count). The van der Waals surface area contributed by atoms with E-state index in [9.17, 15) is 9.18 Å². The number of nitrogens with one attached hydrogen (secondary N) is 2. The Hall–Kier alpha value is -1.46. The summed E-state index contributed by atoms with van der Waals surface area (Å²) in [5, 5.41) is 5.93. The first-order valence-corrected chi connectivity index (χ1v) is 7.58. The highest BCUT2D eigenvalue weighted by molar-refractivity contribution is 5.93. The standard InChI is InChI=1S/C16H21FN2O2/c1-18-15(8-11-3-2-6-21-11)12-7-10-4-5-16(20)19-14(10)9-13(12)17/h7,9,11,15,18H,2-6,8H2,1H3,(H,19,20). The number of hydrogen-bond acceptors (Lipinski definition) is 3. The van der Waals surface area contributed by atoms with Crippen LogP contribution in [0, 0.1) is 5.82 Å². The lowest BCUT2D eigenvalue weighted by Crippen LogP contribution is -2.25. The number of halogens is 1. The maximum atomic E-state index is 14.4. The van der Waals surface area contributed by atoms with E-state index in [4.69, 9.17) is 4.74 Å². The number of benzene rings is 1. The number of ether oxygens (including phenoxy) is 1. The van der Waals surface area contributed by atoms with Crippen molar-refractivity contribution in [2.75, 3.05) is 19.0 Å². The average molecular weight is 292 g/mol. The molecule has 0 radical (unpaired) electrons. The van der Waals surface area contributed by atoms with Crippen LogP contribution in [0.25, 0.3) is 0 Å². The van der Waals surface area contributed by atoms with Gasteiger partial charge in [0.1, 0.15) is 5.82 Å². The Labute approximate surface area is 124 Å². The summed E-state index contributed by atoms with van der Waals surface area (Å²) in [6, 6.07) is 3.28. The van der Waals surface area contributed by atoms with E-state index in [1.165, 1.54) is 6.07 Å². The van der Waals surface area contributed by atoms with Gasteiger partial charge in [0, 0.05) is 30.3 Å². The highest BCUT2D eigenvalue weighted by atomic mass is 19.1. The number of carbonyl (C=O) groups is 1. The summed E-state index contributed by atoms with van der Waals surface area (Å²) in [6.45, 7) is 0.805. The van der Waals surface area contributed by atoms with Crippen molar-refractivity contribution >= 4 is 11.6 Å². The van der Waals surface area contributed by atoms with Crippen molar-refractivity contribution in [3.63, 3.8) is 0 Å². The van der Waals surface area contributed by atoms with E-state index in [2.05, 4.69) is 10.6 Å². The quantitative estimate of drug-likeness (QED) is 0.896. The molecule has 2 aliphatic rings. The Morgan fingerprint density at radius 3 is 3.05 bits per heavy atom. The van der Waals surface area contributed by atoms with Crippen LogP contribution in [0.4, 0.5) is 10.1 Å². The minimum absolute atomic E-state index is 0.0424. The topological polar surface area (TPSA) is 50.4 Å². The molecule has 0 bridgehead atoms. The minimum Gasteiger partial charge on any atom is -0.378 e. The Morgan fingerprint density at radius 2 is 2.33 bits per heavy atom. The van der Waals surface area contributed by atoms with Crippen molar-refractivity contribution in [3.05, 3.63) is 29.1 Å². The fourth-order valence-corrected chi connectivity index (χ4v) is 3.18. The van der Waals surface area contributed by atoms with Crippen molar-refractivity contribution in [1.29, 1.82) is 0 Å². The maximum absolute atomic E-state index is 14.4. The van der Waals surface area contributed by atoms with Gasteiger partial charge in [-0.25, -0.2) is 4.39 Å². The average Bonchev–Trinajstić information content (AvgIpc) is 2.97. The monoisotopic (exact) mass is 292 g/mol. The molecular formula is C16H21FN2O2. The third-order valence-electron chi connectivity index (χ3n) is 4.36. The van der Waals surface area contributed by atoms with Gasteiger partial charge >= 0.3 is 0 Å². The van der Waals surface area contributed by atoms with E-state index >= 15 is 0 Å². The predicted octanol–water partition coefficient (Wildman–Crippen LogP) is 2.54. The van der Waals surface area contributed by atoms with Gasteiger partial charge in [0.05, 0.1) is 6.10 Å². The van der Waals surface area contributed by atoms with Gasteiger partial charge in [-0.3, -0.25) is 4.79 Å². The van der Waals surface area contributed by atoms with Gasteiger partial charge in [0.25, 0.3) is 0 Å². The SMILES string of the molecule is CNC(CC1CCCO1)c1cc2c(cc1F)NC(=O)CC2. The second kappa shape index (κ2) is 6.12. The number of fused-ring (bicyclic) bond motifs is 1. The largest absolute Gasteiger partial charge is 0.378 e. The van der Waals surface area contributed by atoms with Gasteiger partial charge in [-0.05, 0) is 50.4 Å². The van der Waals surface area contributed by atoms with E-state index < -0.39 is 0 Å². The fraction of sp³-hybridized carbons (Fsp3) is 0.562. The molecule has 1 amide bonds. The Kier molecular flexibility index (Phi) is 4.22. The minimum atomic E-state index is -0.270. The van der Waals surface area contributed by atoms with Gasteiger partial charge in [-0.15, -0.1) is 0 Å². The molecule has 2 N–H and O–H groups in total. The molecule has 1 aromatic carbocycles. The summed E-state index contributed by atoms with van der Waals surface area (Å²) in [5.41, 5.74) is 2.29. The highest BCUT2D eigenvalue weighted by Crippen LogP contribution is 2.32. The Balaban J connectivity index is 1.84. The number of hydrogen-bond donors (Lipinski definition) is 2. The van der Waals surface area contributed by atoms with Crippen LogP contribution in [-0.2, 0) is 16.0 Å². The van der Waals surface area contributed by atoms with Crippen LogP contribution in [0.5, 0.6) is 0 Å². The van der Waals surface area contributed by atoms with Crippen LogP contribution in [0.2, 0.25) is 0 Å². The molecule has 1 aromatic rings. The molecule has 2 aliphatic heterocycles.